The second-order valence-electron chi connectivity index (χ2n) is 6.45. The molecule has 0 saturated carbocycles. The average Bonchev–Trinajstić information content (AvgIpc) is 3.16. The van der Waals surface area contributed by atoms with Gasteiger partial charge in [-0.1, -0.05) is 12.1 Å². The van der Waals surface area contributed by atoms with Gasteiger partial charge < -0.3 is 25.0 Å². The molecular formula is C20H31N5O2S. The maximum atomic E-state index is 5.90. The van der Waals surface area contributed by atoms with E-state index in [1.54, 1.807) is 18.4 Å². The van der Waals surface area contributed by atoms with Gasteiger partial charge in [-0.25, -0.2) is 4.98 Å². The van der Waals surface area contributed by atoms with Gasteiger partial charge in [0.1, 0.15) is 12.4 Å². The van der Waals surface area contributed by atoms with E-state index in [-0.39, 0.29) is 0 Å². The number of hydrogen-bond donors (Lipinski definition) is 2. The number of thiazole rings is 1. The normalized spacial score (nSPS) is 11.4. The molecule has 2 N–H and O–H groups in total. The number of benzene rings is 1. The van der Waals surface area contributed by atoms with E-state index >= 15 is 0 Å². The van der Waals surface area contributed by atoms with Crippen LogP contribution in [-0.4, -0.2) is 51.9 Å². The lowest BCUT2D eigenvalue weighted by atomic mass is 10.1. The minimum absolute atomic E-state index is 0.537. The molecule has 0 amide bonds. The fourth-order valence-corrected chi connectivity index (χ4v) is 3.21. The molecule has 0 aliphatic heterocycles. The van der Waals surface area contributed by atoms with Crippen LogP contribution >= 0.6 is 11.3 Å². The van der Waals surface area contributed by atoms with E-state index in [4.69, 9.17) is 9.47 Å². The largest absolute Gasteiger partial charge is 0.491 e. The van der Waals surface area contributed by atoms with E-state index in [9.17, 15) is 0 Å². The first kappa shape index (κ1) is 22.0. The average molecular weight is 406 g/mol. The number of ether oxygens (including phenoxy) is 2. The standard InChI is InChI=1S/C20H31N5O2S/c1-6-26-9-10-27-18-11-15(2)7-8-16(18)12-22-19(21-3)23-13-17-14-28-20(24-17)25(4)5/h7-8,11,14H,6,9-10,12-13H2,1-5H3,(H2,21,22,23). The third-order valence-corrected chi connectivity index (χ3v) is 5.00. The Morgan fingerprint density at radius 3 is 2.68 bits per heavy atom. The molecule has 0 atom stereocenters. The number of aliphatic imine (C=N–C) groups is 1. The number of guanidine groups is 1. The van der Waals surface area contributed by atoms with Gasteiger partial charge in [-0.05, 0) is 25.5 Å². The van der Waals surface area contributed by atoms with Crippen LogP contribution in [0.25, 0.3) is 0 Å². The van der Waals surface area contributed by atoms with E-state index in [1.165, 1.54) is 0 Å². The maximum Gasteiger partial charge on any atom is 0.191 e. The highest BCUT2D eigenvalue weighted by molar-refractivity contribution is 7.13. The van der Waals surface area contributed by atoms with Crippen LogP contribution in [0.1, 0.15) is 23.7 Å². The zero-order valence-electron chi connectivity index (χ0n) is 17.4. The van der Waals surface area contributed by atoms with E-state index in [1.807, 2.05) is 25.9 Å². The monoisotopic (exact) mass is 405 g/mol. The third-order valence-electron chi connectivity index (χ3n) is 3.94. The van der Waals surface area contributed by atoms with Crippen molar-refractivity contribution in [2.24, 2.45) is 4.99 Å². The summed E-state index contributed by atoms with van der Waals surface area (Å²) in [6, 6.07) is 6.22. The van der Waals surface area contributed by atoms with Crippen LogP contribution in [0, 0.1) is 6.92 Å². The molecular weight excluding hydrogens is 374 g/mol. The maximum absolute atomic E-state index is 5.90. The van der Waals surface area contributed by atoms with E-state index < -0.39 is 0 Å². The summed E-state index contributed by atoms with van der Waals surface area (Å²) >= 11 is 1.63. The Kier molecular flexibility index (Phi) is 9.03. The summed E-state index contributed by atoms with van der Waals surface area (Å²) in [4.78, 5) is 10.9. The Hall–Kier alpha value is -2.32. The van der Waals surface area contributed by atoms with Gasteiger partial charge in [0.05, 0.1) is 18.8 Å². The molecule has 0 spiro atoms. The van der Waals surface area contributed by atoms with E-state index in [0.717, 1.165) is 33.7 Å². The second-order valence-corrected chi connectivity index (χ2v) is 7.29. The van der Waals surface area contributed by atoms with Gasteiger partial charge in [-0.15, -0.1) is 11.3 Å². The number of aromatic nitrogens is 1. The summed E-state index contributed by atoms with van der Waals surface area (Å²) in [5, 5.41) is 9.69. The highest BCUT2D eigenvalue weighted by Gasteiger charge is 2.08. The summed E-state index contributed by atoms with van der Waals surface area (Å²) in [5.41, 5.74) is 3.23. The summed E-state index contributed by atoms with van der Waals surface area (Å²) < 4.78 is 11.3. The second kappa shape index (κ2) is 11.5. The van der Waals surface area contributed by atoms with Crippen molar-refractivity contribution >= 4 is 22.4 Å². The zero-order chi connectivity index (χ0) is 20.4. The molecule has 8 heteroatoms. The summed E-state index contributed by atoms with van der Waals surface area (Å²) in [7, 11) is 5.74. The van der Waals surface area contributed by atoms with Crippen molar-refractivity contribution in [3.05, 3.63) is 40.4 Å². The molecule has 2 rings (SSSR count). The molecule has 0 saturated heterocycles. The summed E-state index contributed by atoms with van der Waals surface area (Å²) in [6.07, 6.45) is 0. The van der Waals surface area contributed by atoms with Crippen LogP contribution < -0.4 is 20.3 Å². The van der Waals surface area contributed by atoms with Crippen LogP contribution in [0.3, 0.4) is 0 Å². The minimum atomic E-state index is 0.537. The van der Waals surface area contributed by atoms with Crippen LogP contribution in [0.2, 0.25) is 0 Å². The van der Waals surface area contributed by atoms with Crippen molar-refractivity contribution in [1.29, 1.82) is 0 Å². The summed E-state index contributed by atoms with van der Waals surface area (Å²) in [6.45, 7) is 7.09. The Bertz CT molecular complexity index is 761. The molecule has 1 aromatic carbocycles. The highest BCUT2D eigenvalue weighted by Crippen LogP contribution is 2.20. The van der Waals surface area contributed by atoms with Gasteiger partial charge in [-0.2, -0.15) is 0 Å². The Labute approximate surface area is 171 Å². The SMILES string of the molecule is CCOCCOc1cc(C)ccc1CNC(=NC)NCc1csc(N(C)C)n1. The number of anilines is 1. The topological polar surface area (TPSA) is 71.0 Å². The summed E-state index contributed by atoms with van der Waals surface area (Å²) in [5.74, 6) is 1.60. The number of rotatable bonds is 10. The zero-order valence-corrected chi connectivity index (χ0v) is 18.2. The highest BCUT2D eigenvalue weighted by atomic mass is 32.1. The number of aryl methyl sites for hydroxylation is 1. The van der Waals surface area contributed by atoms with Crippen LogP contribution in [0.15, 0.2) is 28.6 Å². The first-order valence-corrected chi connectivity index (χ1v) is 10.3. The lowest BCUT2D eigenvalue weighted by Gasteiger charge is -2.15. The number of hydrogen-bond acceptors (Lipinski definition) is 6. The van der Waals surface area contributed by atoms with Gasteiger partial charge in [-0.3, -0.25) is 4.99 Å². The molecule has 154 valence electrons. The molecule has 7 nitrogen and oxygen atoms in total. The first-order valence-electron chi connectivity index (χ1n) is 9.39. The smallest absolute Gasteiger partial charge is 0.191 e. The van der Waals surface area contributed by atoms with Crippen molar-refractivity contribution in [2.45, 2.75) is 26.9 Å². The Morgan fingerprint density at radius 1 is 1.21 bits per heavy atom. The molecule has 0 aliphatic carbocycles. The van der Waals surface area contributed by atoms with Gasteiger partial charge >= 0.3 is 0 Å². The molecule has 0 bridgehead atoms. The quantitative estimate of drug-likeness (QED) is 0.360. The predicted molar refractivity (Wildman–Crippen MR) is 117 cm³/mol. The molecule has 0 unspecified atom stereocenters. The molecule has 1 aromatic heterocycles. The van der Waals surface area contributed by atoms with Gasteiger partial charge in [0, 0.05) is 45.2 Å². The van der Waals surface area contributed by atoms with E-state index in [0.29, 0.717) is 32.9 Å². The predicted octanol–water partition coefficient (Wildman–Crippen LogP) is 2.80. The fraction of sp³-hybridized carbons (Fsp3) is 0.500. The molecule has 28 heavy (non-hydrogen) atoms. The molecule has 0 aliphatic rings. The van der Waals surface area contributed by atoms with Gasteiger partial charge in [0.25, 0.3) is 0 Å². The van der Waals surface area contributed by atoms with Crippen molar-refractivity contribution < 1.29 is 9.47 Å². The van der Waals surface area contributed by atoms with Crippen molar-refractivity contribution in [3.8, 4) is 5.75 Å². The van der Waals surface area contributed by atoms with Crippen LogP contribution in [0.5, 0.6) is 5.75 Å². The van der Waals surface area contributed by atoms with Crippen molar-refractivity contribution in [2.75, 3.05) is 45.9 Å². The number of nitrogens with one attached hydrogen (secondary N) is 2. The van der Waals surface area contributed by atoms with Crippen molar-refractivity contribution in [1.82, 2.24) is 15.6 Å². The van der Waals surface area contributed by atoms with E-state index in [2.05, 4.69) is 51.1 Å². The molecule has 0 fully saturated rings. The fourth-order valence-electron chi connectivity index (χ4n) is 2.45. The van der Waals surface area contributed by atoms with Crippen LogP contribution in [0.4, 0.5) is 5.13 Å². The Morgan fingerprint density at radius 2 is 2.00 bits per heavy atom. The third kappa shape index (κ3) is 7.01. The first-order chi connectivity index (χ1) is 13.5. The molecule has 2 aromatic rings. The Balaban J connectivity index is 1.89. The van der Waals surface area contributed by atoms with Gasteiger partial charge in [0.15, 0.2) is 11.1 Å². The van der Waals surface area contributed by atoms with Crippen molar-refractivity contribution in [3.63, 3.8) is 0 Å². The lowest BCUT2D eigenvalue weighted by molar-refractivity contribution is 0.110. The lowest BCUT2D eigenvalue weighted by Crippen LogP contribution is -2.36. The molecule has 1 heterocycles. The van der Waals surface area contributed by atoms with Crippen LogP contribution in [-0.2, 0) is 17.8 Å². The molecule has 0 radical (unpaired) electrons. The minimum Gasteiger partial charge on any atom is -0.491 e. The van der Waals surface area contributed by atoms with Gasteiger partial charge in [0.2, 0.25) is 0 Å². The number of nitrogens with zero attached hydrogens (tertiary/aromatic N) is 3.